The summed E-state index contributed by atoms with van der Waals surface area (Å²) in [4.78, 5) is 1.21. The second kappa shape index (κ2) is 6.06. The van der Waals surface area contributed by atoms with Crippen LogP contribution in [0.2, 0.25) is 0 Å². The first kappa shape index (κ1) is 16.7. The third-order valence-electron chi connectivity index (χ3n) is 5.18. The van der Waals surface area contributed by atoms with E-state index in [1.807, 2.05) is 13.1 Å². The summed E-state index contributed by atoms with van der Waals surface area (Å²) in [6, 6.07) is 12.0. The second-order valence-electron chi connectivity index (χ2n) is 6.59. The Labute approximate surface area is 145 Å². The Morgan fingerprint density at radius 1 is 1.20 bits per heavy atom. The van der Waals surface area contributed by atoms with Crippen LogP contribution in [0.1, 0.15) is 11.5 Å². The molecule has 0 aromatic heterocycles. The first-order chi connectivity index (χ1) is 12.0. The van der Waals surface area contributed by atoms with Gasteiger partial charge in [0.1, 0.15) is 11.9 Å². The van der Waals surface area contributed by atoms with Crippen molar-refractivity contribution in [2.24, 2.45) is 17.1 Å². The van der Waals surface area contributed by atoms with Crippen molar-refractivity contribution in [2.75, 3.05) is 20.1 Å². The maximum absolute atomic E-state index is 13.4. The fourth-order valence-electron chi connectivity index (χ4n) is 3.97. The van der Waals surface area contributed by atoms with E-state index in [-0.39, 0.29) is 23.0 Å². The van der Waals surface area contributed by atoms with Gasteiger partial charge >= 0.3 is 0 Å². The molecule has 3 N–H and O–H groups in total. The molecular weight excluding hydrogens is 317 g/mol. The van der Waals surface area contributed by atoms with Gasteiger partial charge in [-0.05, 0) is 29.3 Å². The molecule has 0 radical (unpaired) electrons. The molecule has 3 atom stereocenters. The predicted octanol–water partition coefficient (Wildman–Crippen LogP) is 0.764. The average Bonchev–Trinajstić information content (AvgIpc) is 2.62. The van der Waals surface area contributed by atoms with Gasteiger partial charge in [0, 0.05) is 11.8 Å². The van der Waals surface area contributed by atoms with Gasteiger partial charge in [-0.2, -0.15) is 15.8 Å². The molecule has 1 heterocycles. The van der Waals surface area contributed by atoms with Gasteiger partial charge in [-0.15, -0.1) is 0 Å². The van der Waals surface area contributed by atoms with Crippen molar-refractivity contribution in [2.45, 2.75) is 5.92 Å². The number of quaternary nitrogens is 1. The first-order valence-electron chi connectivity index (χ1n) is 7.98. The van der Waals surface area contributed by atoms with E-state index in [1.165, 1.54) is 17.0 Å². The maximum Gasteiger partial charge on any atom is 0.191 e. The van der Waals surface area contributed by atoms with Crippen LogP contribution < -0.4 is 10.6 Å². The SMILES string of the molecule is C[NH+]1CC=C2C(C#N)=C(N)C(C#N)(C#N)C(c3ccc(F)cc3)C2C1. The molecule has 25 heavy (non-hydrogen) atoms. The molecule has 5 nitrogen and oxygen atoms in total. The minimum atomic E-state index is -1.65. The summed E-state index contributed by atoms with van der Waals surface area (Å²) in [5.41, 5.74) is 6.23. The molecule has 2 aliphatic rings. The van der Waals surface area contributed by atoms with Crippen LogP contribution in [-0.4, -0.2) is 20.1 Å². The molecule has 0 saturated carbocycles. The molecule has 1 aliphatic heterocycles. The van der Waals surface area contributed by atoms with Crippen LogP contribution in [0.15, 0.2) is 47.2 Å². The first-order valence-corrected chi connectivity index (χ1v) is 7.98. The Bertz CT molecular complexity index is 878. The number of hydrogen-bond acceptors (Lipinski definition) is 4. The minimum absolute atomic E-state index is 0.00335. The van der Waals surface area contributed by atoms with Gasteiger partial charge in [-0.3, -0.25) is 0 Å². The molecule has 6 heteroatoms. The van der Waals surface area contributed by atoms with Crippen LogP contribution in [0.4, 0.5) is 4.39 Å². The van der Waals surface area contributed by atoms with Gasteiger partial charge in [0.25, 0.3) is 0 Å². The number of benzene rings is 1. The fourth-order valence-corrected chi connectivity index (χ4v) is 3.97. The lowest BCUT2D eigenvalue weighted by Gasteiger charge is -2.43. The summed E-state index contributed by atoms with van der Waals surface area (Å²) < 4.78 is 13.4. The number of hydrogen-bond donors (Lipinski definition) is 2. The van der Waals surface area contributed by atoms with E-state index in [0.717, 1.165) is 12.1 Å². The van der Waals surface area contributed by atoms with Crippen LogP contribution >= 0.6 is 0 Å². The monoisotopic (exact) mass is 334 g/mol. The lowest BCUT2D eigenvalue weighted by Crippen LogP contribution is -3.10. The zero-order valence-electron chi connectivity index (χ0n) is 13.8. The van der Waals surface area contributed by atoms with Crippen molar-refractivity contribution in [1.82, 2.24) is 0 Å². The number of allylic oxidation sites excluding steroid dienone is 2. The predicted molar refractivity (Wildman–Crippen MR) is 87.8 cm³/mol. The van der Waals surface area contributed by atoms with Gasteiger partial charge in [0.15, 0.2) is 5.41 Å². The van der Waals surface area contributed by atoms with Gasteiger partial charge in [-0.25, -0.2) is 4.39 Å². The van der Waals surface area contributed by atoms with Gasteiger partial charge in [0.05, 0.1) is 43.5 Å². The number of nitrogens with zero attached hydrogens (tertiary/aromatic N) is 3. The van der Waals surface area contributed by atoms with Crippen molar-refractivity contribution in [3.63, 3.8) is 0 Å². The molecule has 3 unspecified atom stereocenters. The molecule has 124 valence electrons. The third kappa shape index (κ3) is 2.38. The van der Waals surface area contributed by atoms with Crippen molar-refractivity contribution < 1.29 is 9.29 Å². The molecule has 0 spiro atoms. The number of halogens is 1. The second-order valence-corrected chi connectivity index (χ2v) is 6.59. The summed E-state index contributed by atoms with van der Waals surface area (Å²) in [7, 11) is 2.02. The van der Waals surface area contributed by atoms with E-state index in [9.17, 15) is 20.2 Å². The summed E-state index contributed by atoms with van der Waals surface area (Å²) in [6.07, 6.45) is 1.96. The minimum Gasteiger partial charge on any atom is -0.399 e. The lowest BCUT2D eigenvalue weighted by atomic mass is 9.58. The summed E-state index contributed by atoms with van der Waals surface area (Å²) in [6.45, 7) is 1.41. The van der Waals surface area contributed by atoms with E-state index >= 15 is 0 Å². The topological polar surface area (TPSA) is 102 Å². The average molecular weight is 334 g/mol. The number of fused-ring (bicyclic) bond motifs is 1. The maximum atomic E-state index is 13.4. The third-order valence-corrected chi connectivity index (χ3v) is 5.18. The van der Waals surface area contributed by atoms with Crippen molar-refractivity contribution in [3.05, 3.63) is 58.6 Å². The summed E-state index contributed by atoms with van der Waals surface area (Å²) in [5.74, 6) is -1.15. The normalized spacial score (nSPS) is 27.3. The highest BCUT2D eigenvalue weighted by molar-refractivity contribution is 5.59. The molecule has 0 fully saturated rings. The van der Waals surface area contributed by atoms with Crippen LogP contribution in [0.3, 0.4) is 0 Å². The summed E-state index contributed by atoms with van der Waals surface area (Å²) in [5, 5.41) is 29.3. The number of nitrogens with two attached hydrogens (primary N) is 1. The zero-order valence-corrected chi connectivity index (χ0v) is 13.8. The Hall–Kier alpha value is -3.14. The number of nitriles is 3. The lowest BCUT2D eigenvalue weighted by molar-refractivity contribution is -0.878. The Kier molecular flexibility index (Phi) is 4.05. The molecule has 1 aromatic carbocycles. The number of nitrogens with one attached hydrogen (secondary N) is 1. The molecule has 1 aliphatic carbocycles. The van der Waals surface area contributed by atoms with Crippen LogP contribution in [0.5, 0.6) is 0 Å². The Morgan fingerprint density at radius 2 is 1.84 bits per heavy atom. The van der Waals surface area contributed by atoms with Crippen LogP contribution in [0, 0.1) is 51.1 Å². The smallest absolute Gasteiger partial charge is 0.191 e. The largest absolute Gasteiger partial charge is 0.399 e. The highest BCUT2D eigenvalue weighted by Crippen LogP contribution is 2.53. The van der Waals surface area contributed by atoms with E-state index in [2.05, 4.69) is 18.2 Å². The Morgan fingerprint density at radius 3 is 2.40 bits per heavy atom. The van der Waals surface area contributed by atoms with Crippen LogP contribution in [0.25, 0.3) is 0 Å². The van der Waals surface area contributed by atoms with E-state index < -0.39 is 11.3 Å². The van der Waals surface area contributed by atoms with E-state index in [1.54, 1.807) is 12.1 Å². The number of likely N-dealkylation sites (N-methyl/N-ethyl adjacent to an activating group) is 1. The molecule has 3 rings (SSSR count). The number of rotatable bonds is 1. The quantitative estimate of drug-likeness (QED) is 0.791. The molecule has 0 bridgehead atoms. The van der Waals surface area contributed by atoms with Crippen molar-refractivity contribution in [1.29, 1.82) is 15.8 Å². The van der Waals surface area contributed by atoms with Crippen molar-refractivity contribution in [3.8, 4) is 18.2 Å². The highest BCUT2D eigenvalue weighted by atomic mass is 19.1. The standard InChI is InChI=1S/C19H16FN5/c1-25-7-6-14-15(8-21)18(24)19(10-22,11-23)17(16(14)9-25)12-2-4-13(20)5-3-12/h2-6,16-17H,7,9,24H2,1H3/p+1. The van der Waals surface area contributed by atoms with Crippen LogP contribution in [-0.2, 0) is 0 Å². The van der Waals surface area contributed by atoms with Gasteiger partial charge < -0.3 is 10.6 Å². The van der Waals surface area contributed by atoms with Crippen molar-refractivity contribution >= 4 is 0 Å². The van der Waals surface area contributed by atoms with E-state index in [0.29, 0.717) is 12.1 Å². The van der Waals surface area contributed by atoms with E-state index in [4.69, 9.17) is 5.73 Å². The molecule has 0 saturated heterocycles. The molecule has 0 amide bonds. The Balaban J connectivity index is 2.32. The summed E-state index contributed by atoms with van der Waals surface area (Å²) >= 11 is 0. The zero-order chi connectivity index (χ0) is 18.2. The molecule has 1 aromatic rings. The molecular formula is C19H17FN5+. The highest BCUT2D eigenvalue weighted by Gasteiger charge is 2.55. The van der Waals surface area contributed by atoms with Gasteiger partial charge in [-0.1, -0.05) is 12.1 Å². The van der Waals surface area contributed by atoms with Gasteiger partial charge in [0.2, 0.25) is 0 Å². The fraction of sp³-hybridized carbons (Fsp3) is 0.316.